The third kappa shape index (κ3) is 2.90. The van der Waals surface area contributed by atoms with Gasteiger partial charge in [-0.1, -0.05) is 13.3 Å². The van der Waals surface area contributed by atoms with Crippen LogP contribution in [-0.4, -0.2) is 24.0 Å². The van der Waals surface area contributed by atoms with E-state index in [2.05, 4.69) is 18.7 Å². The van der Waals surface area contributed by atoms with Gasteiger partial charge in [0.15, 0.2) is 0 Å². The van der Waals surface area contributed by atoms with Crippen LogP contribution in [0.15, 0.2) is 16.7 Å². The van der Waals surface area contributed by atoms with Crippen LogP contribution >= 0.6 is 0 Å². The summed E-state index contributed by atoms with van der Waals surface area (Å²) in [5.74, 6) is 1.95. The summed E-state index contributed by atoms with van der Waals surface area (Å²) < 4.78 is 5.53. The first-order valence-electron chi connectivity index (χ1n) is 6.71. The topological polar surface area (TPSA) is 42.4 Å². The van der Waals surface area contributed by atoms with Gasteiger partial charge in [-0.15, -0.1) is 0 Å². The fraction of sp³-hybridized carbons (Fsp3) is 0.714. The summed E-state index contributed by atoms with van der Waals surface area (Å²) in [4.78, 5) is 2.48. The Labute approximate surface area is 104 Å². The number of hydrogen-bond donors (Lipinski definition) is 1. The molecule has 0 aromatic carbocycles. The molecule has 0 amide bonds. The van der Waals surface area contributed by atoms with Crippen molar-refractivity contribution in [2.75, 3.05) is 13.1 Å². The highest BCUT2D eigenvalue weighted by Gasteiger charge is 2.27. The minimum atomic E-state index is 0.526. The summed E-state index contributed by atoms with van der Waals surface area (Å²) in [5, 5.41) is 0. The Balaban J connectivity index is 1.98. The van der Waals surface area contributed by atoms with Gasteiger partial charge < -0.3 is 10.2 Å². The van der Waals surface area contributed by atoms with E-state index in [9.17, 15) is 0 Å². The number of nitrogens with zero attached hydrogens (tertiary/aromatic N) is 1. The SMILES string of the molecule is CCC1CCN(Cc2occc2C)C(CN)C1. The van der Waals surface area contributed by atoms with Gasteiger partial charge in [-0.3, -0.25) is 4.90 Å². The number of furan rings is 1. The minimum absolute atomic E-state index is 0.526. The highest BCUT2D eigenvalue weighted by atomic mass is 16.3. The second kappa shape index (κ2) is 5.69. The summed E-state index contributed by atoms with van der Waals surface area (Å²) in [5.41, 5.74) is 7.15. The molecule has 2 N–H and O–H groups in total. The predicted molar refractivity (Wildman–Crippen MR) is 69.7 cm³/mol. The van der Waals surface area contributed by atoms with Crippen molar-refractivity contribution in [1.82, 2.24) is 4.90 Å². The van der Waals surface area contributed by atoms with E-state index in [1.807, 2.05) is 6.07 Å². The summed E-state index contributed by atoms with van der Waals surface area (Å²) >= 11 is 0. The van der Waals surface area contributed by atoms with Crippen LogP contribution in [0.2, 0.25) is 0 Å². The normalized spacial score (nSPS) is 26.3. The van der Waals surface area contributed by atoms with Gasteiger partial charge in [0.1, 0.15) is 5.76 Å². The Morgan fingerprint density at radius 2 is 2.35 bits per heavy atom. The standard InChI is InChI=1S/C14H24N2O/c1-3-12-4-6-16(13(8-12)9-15)10-14-11(2)5-7-17-14/h5,7,12-13H,3-4,6,8-10,15H2,1-2H3. The Morgan fingerprint density at radius 1 is 1.53 bits per heavy atom. The summed E-state index contributed by atoms with van der Waals surface area (Å²) in [6.45, 7) is 7.22. The molecule has 0 saturated carbocycles. The molecule has 0 spiro atoms. The van der Waals surface area contributed by atoms with Gasteiger partial charge in [-0.25, -0.2) is 0 Å². The molecule has 1 saturated heterocycles. The largest absolute Gasteiger partial charge is 0.468 e. The fourth-order valence-electron chi connectivity index (χ4n) is 2.76. The summed E-state index contributed by atoms with van der Waals surface area (Å²) in [6.07, 6.45) is 5.60. The third-order valence-electron chi connectivity index (χ3n) is 4.11. The number of piperidine rings is 1. The van der Waals surface area contributed by atoms with Crippen molar-refractivity contribution in [1.29, 1.82) is 0 Å². The second-order valence-corrected chi connectivity index (χ2v) is 5.19. The van der Waals surface area contributed by atoms with E-state index >= 15 is 0 Å². The number of hydrogen-bond acceptors (Lipinski definition) is 3. The first kappa shape index (κ1) is 12.7. The van der Waals surface area contributed by atoms with Crippen molar-refractivity contribution < 1.29 is 4.42 Å². The molecule has 2 rings (SSSR count). The summed E-state index contributed by atoms with van der Waals surface area (Å²) in [6, 6.07) is 2.56. The molecule has 3 heteroatoms. The van der Waals surface area contributed by atoms with Gasteiger partial charge >= 0.3 is 0 Å². The molecule has 0 bridgehead atoms. The van der Waals surface area contributed by atoms with Crippen molar-refractivity contribution in [3.05, 3.63) is 23.7 Å². The van der Waals surface area contributed by atoms with Crippen molar-refractivity contribution in [2.24, 2.45) is 11.7 Å². The average Bonchev–Trinajstić information content (AvgIpc) is 2.75. The van der Waals surface area contributed by atoms with Crippen LogP contribution < -0.4 is 5.73 Å². The zero-order valence-corrected chi connectivity index (χ0v) is 11.0. The lowest BCUT2D eigenvalue weighted by molar-refractivity contribution is 0.0996. The van der Waals surface area contributed by atoms with E-state index in [1.54, 1.807) is 6.26 Å². The van der Waals surface area contributed by atoms with Crippen LogP contribution in [0.5, 0.6) is 0 Å². The zero-order chi connectivity index (χ0) is 12.3. The van der Waals surface area contributed by atoms with Gasteiger partial charge in [0.25, 0.3) is 0 Å². The van der Waals surface area contributed by atoms with Crippen LogP contribution in [0.25, 0.3) is 0 Å². The molecule has 0 aliphatic carbocycles. The lowest BCUT2D eigenvalue weighted by Gasteiger charge is -2.38. The van der Waals surface area contributed by atoms with Crippen LogP contribution in [0, 0.1) is 12.8 Å². The first-order valence-corrected chi connectivity index (χ1v) is 6.71. The number of aryl methyl sites for hydroxylation is 1. The number of nitrogens with two attached hydrogens (primary N) is 1. The molecule has 2 atom stereocenters. The van der Waals surface area contributed by atoms with E-state index in [-0.39, 0.29) is 0 Å². The molecule has 17 heavy (non-hydrogen) atoms. The molecular formula is C14H24N2O. The number of rotatable bonds is 4. The predicted octanol–water partition coefficient (Wildman–Crippen LogP) is 2.54. The molecule has 1 aliphatic rings. The molecule has 1 aromatic rings. The maximum atomic E-state index is 5.91. The molecule has 1 fully saturated rings. The van der Waals surface area contributed by atoms with Crippen LogP contribution in [0.3, 0.4) is 0 Å². The highest BCUT2D eigenvalue weighted by Crippen LogP contribution is 2.26. The molecule has 0 radical (unpaired) electrons. The fourth-order valence-corrected chi connectivity index (χ4v) is 2.76. The van der Waals surface area contributed by atoms with Gasteiger partial charge in [0.05, 0.1) is 12.8 Å². The number of likely N-dealkylation sites (tertiary alicyclic amines) is 1. The summed E-state index contributed by atoms with van der Waals surface area (Å²) in [7, 11) is 0. The lowest BCUT2D eigenvalue weighted by Crippen LogP contribution is -2.46. The van der Waals surface area contributed by atoms with Crippen molar-refractivity contribution in [2.45, 2.75) is 45.7 Å². The van der Waals surface area contributed by atoms with Crippen LogP contribution in [0.4, 0.5) is 0 Å². The van der Waals surface area contributed by atoms with Crippen LogP contribution in [0.1, 0.15) is 37.5 Å². The maximum Gasteiger partial charge on any atom is 0.120 e. The zero-order valence-electron chi connectivity index (χ0n) is 11.0. The third-order valence-corrected chi connectivity index (χ3v) is 4.11. The maximum absolute atomic E-state index is 5.91. The van der Waals surface area contributed by atoms with Crippen molar-refractivity contribution in [3.63, 3.8) is 0 Å². The second-order valence-electron chi connectivity index (χ2n) is 5.19. The molecular weight excluding hydrogens is 212 g/mol. The first-order chi connectivity index (χ1) is 8.24. The van der Waals surface area contributed by atoms with Crippen molar-refractivity contribution >= 4 is 0 Å². The Bertz CT molecular complexity index is 348. The Morgan fingerprint density at radius 3 is 2.94 bits per heavy atom. The Hall–Kier alpha value is -0.800. The van der Waals surface area contributed by atoms with E-state index in [0.29, 0.717) is 6.04 Å². The molecule has 2 unspecified atom stereocenters. The minimum Gasteiger partial charge on any atom is -0.468 e. The quantitative estimate of drug-likeness (QED) is 0.873. The van der Waals surface area contributed by atoms with Crippen molar-refractivity contribution in [3.8, 4) is 0 Å². The average molecular weight is 236 g/mol. The van der Waals surface area contributed by atoms with E-state index in [1.165, 1.54) is 24.8 Å². The monoisotopic (exact) mass is 236 g/mol. The molecule has 3 nitrogen and oxygen atoms in total. The van der Waals surface area contributed by atoms with Gasteiger partial charge in [-0.2, -0.15) is 0 Å². The van der Waals surface area contributed by atoms with E-state index < -0.39 is 0 Å². The molecule has 2 heterocycles. The lowest BCUT2D eigenvalue weighted by atomic mass is 9.89. The molecule has 1 aliphatic heterocycles. The smallest absolute Gasteiger partial charge is 0.120 e. The van der Waals surface area contributed by atoms with Gasteiger partial charge in [0, 0.05) is 12.6 Å². The highest BCUT2D eigenvalue weighted by molar-refractivity contribution is 5.14. The Kier molecular flexibility index (Phi) is 4.24. The molecule has 96 valence electrons. The van der Waals surface area contributed by atoms with Crippen LogP contribution in [-0.2, 0) is 6.54 Å². The van der Waals surface area contributed by atoms with Gasteiger partial charge in [0.2, 0.25) is 0 Å². The van der Waals surface area contributed by atoms with E-state index in [4.69, 9.17) is 10.2 Å². The van der Waals surface area contributed by atoms with E-state index in [0.717, 1.165) is 31.3 Å². The van der Waals surface area contributed by atoms with Gasteiger partial charge in [-0.05, 0) is 43.9 Å². The molecule has 1 aromatic heterocycles.